The molecule has 0 bridgehead atoms. The number of halogens is 3. The highest BCUT2D eigenvalue weighted by Crippen LogP contribution is 2.17. The van der Waals surface area contributed by atoms with Gasteiger partial charge in [-0.05, 0) is 24.3 Å². The predicted molar refractivity (Wildman–Crippen MR) is 59.7 cm³/mol. The molecule has 6 heteroatoms. The first-order valence-corrected chi connectivity index (χ1v) is 4.56. The smallest absolute Gasteiger partial charge is 0.272 e. The molecule has 0 atom stereocenters. The van der Waals surface area contributed by atoms with Crippen molar-refractivity contribution in [3.05, 3.63) is 24.3 Å². The number of hydrogen-bond acceptors (Lipinski definition) is 3. The molecule has 0 spiro atoms. The van der Waals surface area contributed by atoms with E-state index in [9.17, 15) is 8.78 Å². The molecule has 2 N–H and O–H groups in total. The van der Waals surface area contributed by atoms with E-state index in [-0.39, 0.29) is 12.4 Å². The van der Waals surface area contributed by atoms with Crippen LogP contribution in [0.4, 0.5) is 8.78 Å². The van der Waals surface area contributed by atoms with E-state index in [4.69, 9.17) is 15.2 Å². The molecule has 0 fully saturated rings. The van der Waals surface area contributed by atoms with Crippen molar-refractivity contribution in [1.82, 2.24) is 0 Å². The molecule has 0 unspecified atom stereocenters. The summed E-state index contributed by atoms with van der Waals surface area (Å²) < 4.78 is 33.6. The second-order valence-electron chi connectivity index (χ2n) is 2.81. The lowest BCUT2D eigenvalue weighted by molar-refractivity contribution is 0.0819. The molecular formula is C10H14ClF2NO2. The zero-order valence-corrected chi connectivity index (χ0v) is 9.38. The predicted octanol–water partition coefficient (Wildman–Crippen LogP) is 2.09. The molecule has 0 radical (unpaired) electrons. The van der Waals surface area contributed by atoms with Crippen molar-refractivity contribution in [3.8, 4) is 11.5 Å². The van der Waals surface area contributed by atoms with Crippen molar-refractivity contribution in [2.24, 2.45) is 5.73 Å². The fraction of sp³-hybridized carbons (Fsp3) is 0.400. The molecule has 0 amide bonds. The van der Waals surface area contributed by atoms with Crippen LogP contribution in [0.25, 0.3) is 0 Å². The summed E-state index contributed by atoms with van der Waals surface area (Å²) in [6, 6.07) is 6.45. The molecular weight excluding hydrogens is 240 g/mol. The van der Waals surface area contributed by atoms with E-state index in [0.717, 1.165) is 0 Å². The number of alkyl halides is 2. The van der Waals surface area contributed by atoms with E-state index in [1.165, 1.54) is 0 Å². The third kappa shape index (κ3) is 5.72. The maximum Gasteiger partial charge on any atom is 0.272 e. The summed E-state index contributed by atoms with van der Waals surface area (Å²) in [6.07, 6.45) is -2.46. The van der Waals surface area contributed by atoms with Gasteiger partial charge in [-0.3, -0.25) is 0 Å². The third-order valence-corrected chi connectivity index (χ3v) is 1.59. The van der Waals surface area contributed by atoms with Crippen LogP contribution in [-0.2, 0) is 0 Å². The number of hydrogen-bond donors (Lipinski definition) is 1. The number of nitrogens with two attached hydrogens (primary N) is 1. The maximum atomic E-state index is 11.8. The van der Waals surface area contributed by atoms with Crippen LogP contribution in [0, 0.1) is 0 Å². The highest BCUT2D eigenvalue weighted by Gasteiger charge is 2.03. The van der Waals surface area contributed by atoms with Crippen LogP contribution >= 0.6 is 12.4 Å². The van der Waals surface area contributed by atoms with Gasteiger partial charge in [0, 0.05) is 6.54 Å². The van der Waals surface area contributed by atoms with Crippen molar-refractivity contribution in [2.75, 3.05) is 19.8 Å². The molecule has 0 aliphatic carbocycles. The average Bonchev–Trinajstić information content (AvgIpc) is 2.25. The summed E-state index contributed by atoms with van der Waals surface area (Å²) in [6.45, 7) is 0.268. The highest BCUT2D eigenvalue weighted by molar-refractivity contribution is 5.85. The Morgan fingerprint density at radius 2 is 1.56 bits per heavy atom. The maximum absolute atomic E-state index is 11.8. The Bertz CT molecular complexity index is 283. The Labute approximate surface area is 98.9 Å². The fourth-order valence-electron chi connectivity index (χ4n) is 0.968. The zero-order valence-electron chi connectivity index (χ0n) is 8.57. The molecule has 0 aliphatic rings. The van der Waals surface area contributed by atoms with Crippen LogP contribution in [0.2, 0.25) is 0 Å². The summed E-state index contributed by atoms with van der Waals surface area (Å²) in [5.41, 5.74) is 5.25. The largest absolute Gasteiger partial charge is 0.492 e. The van der Waals surface area contributed by atoms with Gasteiger partial charge in [-0.15, -0.1) is 12.4 Å². The number of benzene rings is 1. The van der Waals surface area contributed by atoms with E-state index in [0.29, 0.717) is 24.7 Å². The van der Waals surface area contributed by atoms with E-state index in [2.05, 4.69) is 0 Å². The fourth-order valence-corrected chi connectivity index (χ4v) is 0.968. The van der Waals surface area contributed by atoms with Crippen LogP contribution in [0.3, 0.4) is 0 Å². The van der Waals surface area contributed by atoms with Gasteiger partial charge in [0.15, 0.2) is 0 Å². The van der Waals surface area contributed by atoms with Crippen molar-refractivity contribution in [3.63, 3.8) is 0 Å². The molecule has 0 heterocycles. The molecule has 0 aliphatic heterocycles. The van der Waals surface area contributed by atoms with Crippen molar-refractivity contribution in [2.45, 2.75) is 6.43 Å². The minimum absolute atomic E-state index is 0. The van der Waals surface area contributed by atoms with Crippen LogP contribution in [0.1, 0.15) is 0 Å². The molecule has 0 aromatic heterocycles. The third-order valence-electron chi connectivity index (χ3n) is 1.59. The molecule has 1 aromatic rings. The van der Waals surface area contributed by atoms with Crippen LogP contribution < -0.4 is 15.2 Å². The lowest BCUT2D eigenvalue weighted by atomic mass is 10.3. The van der Waals surface area contributed by atoms with Gasteiger partial charge in [-0.1, -0.05) is 0 Å². The first kappa shape index (κ1) is 14.9. The summed E-state index contributed by atoms with van der Waals surface area (Å²) in [5.74, 6) is 1.04. The molecule has 1 aromatic carbocycles. The Morgan fingerprint density at radius 3 is 2.00 bits per heavy atom. The van der Waals surface area contributed by atoms with Crippen molar-refractivity contribution in [1.29, 1.82) is 0 Å². The normalized spacial score (nSPS) is 9.75. The summed E-state index contributed by atoms with van der Waals surface area (Å²) in [5, 5.41) is 0. The first-order valence-electron chi connectivity index (χ1n) is 4.56. The summed E-state index contributed by atoms with van der Waals surface area (Å²) >= 11 is 0. The van der Waals surface area contributed by atoms with Gasteiger partial charge in [-0.2, -0.15) is 0 Å². The van der Waals surface area contributed by atoms with Gasteiger partial charge in [0.05, 0.1) is 0 Å². The quantitative estimate of drug-likeness (QED) is 0.844. The Morgan fingerprint density at radius 1 is 1.06 bits per heavy atom. The molecule has 0 saturated heterocycles. The number of rotatable bonds is 6. The van der Waals surface area contributed by atoms with Gasteiger partial charge in [0.2, 0.25) is 0 Å². The molecule has 3 nitrogen and oxygen atoms in total. The lowest BCUT2D eigenvalue weighted by Gasteiger charge is -2.07. The van der Waals surface area contributed by atoms with Crippen LogP contribution in [-0.4, -0.2) is 26.2 Å². The molecule has 1 rings (SSSR count). The monoisotopic (exact) mass is 253 g/mol. The van der Waals surface area contributed by atoms with Gasteiger partial charge in [0.25, 0.3) is 6.43 Å². The minimum atomic E-state index is -2.46. The van der Waals surface area contributed by atoms with E-state index < -0.39 is 13.0 Å². The SMILES string of the molecule is Cl.NCCOc1ccc(OCC(F)F)cc1. The first-order chi connectivity index (χ1) is 7.22. The molecule has 0 saturated carbocycles. The second-order valence-corrected chi connectivity index (χ2v) is 2.81. The van der Waals surface area contributed by atoms with Crippen molar-refractivity contribution >= 4 is 12.4 Å². The average molecular weight is 254 g/mol. The summed E-state index contributed by atoms with van der Waals surface area (Å²) in [7, 11) is 0. The highest BCUT2D eigenvalue weighted by atomic mass is 35.5. The van der Waals surface area contributed by atoms with E-state index in [1.807, 2.05) is 0 Å². The Hall–Kier alpha value is -1.07. The Balaban J connectivity index is 0.00000225. The Kier molecular flexibility index (Phi) is 7.58. The van der Waals surface area contributed by atoms with Crippen LogP contribution in [0.5, 0.6) is 11.5 Å². The van der Waals surface area contributed by atoms with Crippen LogP contribution in [0.15, 0.2) is 24.3 Å². The standard InChI is InChI=1S/C10H13F2NO2.ClH/c11-10(12)7-15-9-3-1-8(2-4-9)14-6-5-13;/h1-4,10H,5-7,13H2;1H. The molecule has 92 valence electrons. The zero-order chi connectivity index (χ0) is 11.1. The van der Waals surface area contributed by atoms with E-state index >= 15 is 0 Å². The lowest BCUT2D eigenvalue weighted by Crippen LogP contribution is -2.10. The van der Waals surface area contributed by atoms with E-state index in [1.54, 1.807) is 24.3 Å². The van der Waals surface area contributed by atoms with Gasteiger partial charge >= 0.3 is 0 Å². The minimum Gasteiger partial charge on any atom is -0.492 e. The molecule has 16 heavy (non-hydrogen) atoms. The number of ether oxygens (including phenoxy) is 2. The topological polar surface area (TPSA) is 44.5 Å². The van der Waals surface area contributed by atoms with Gasteiger partial charge < -0.3 is 15.2 Å². The summed E-state index contributed by atoms with van der Waals surface area (Å²) in [4.78, 5) is 0. The van der Waals surface area contributed by atoms with Crippen molar-refractivity contribution < 1.29 is 18.3 Å². The van der Waals surface area contributed by atoms with Gasteiger partial charge in [0.1, 0.15) is 24.7 Å². The van der Waals surface area contributed by atoms with Gasteiger partial charge in [-0.25, -0.2) is 8.78 Å². The second kappa shape index (κ2) is 8.13.